The number of carbonyl (C=O) groups is 2. The van der Waals surface area contributed by atoms with Gasteiger partial charge in [-0.3, -0.25) is 14.5 Å². The van der Waals surface area contributed by atoms with Crippen molar-refractivity contribution < 1.29 is 9.59 Å². The zero-order valence-corrected chi connectivity index (χ0v) is 14.5. The van der Waals surface area contributed by atoms with Crippen molar-refractivity contribution in [3.63, 3.8) is 0 Å². The Labute approximate surface area is 138 Å². The van der Waals surface area contributed by atoms with Crippen molar-refractivity contribution in [2.24, 2.45) is 0 Å². The zero-order valence-electron chi connectivity index (χ0n) is 14.5. The predicted molar refractivity (Wildman–Crippen MR) is 91.4 cm³/mol. The Hall–Kier alpha value is -1.88. The van der Waals surface area contributed by atoms with Crippen LogP contribution in [-0.4, -0.2) is 60.9 Å². The van der Waals surface area contributed by atoms with Gasteiger partial charge in [0, 0.05) is 38.8 Å². The molecule has 5 heteroatoms. The second kappa shape index (κ2) is 7.59. The van der Waals surface area contributed by atoms with E-state index in [0.29, 0.717) is 5.56 Å². The number of benzene rings is 1. The van der Waals surface area contributed by atoms with Crippen LogP contribution in [0.2, 0.25) is 0 Å². The quantitative estimate of drug-likeness (QED) is 0.919. The Kier molecular flexibility index (Phi) is 5.77. The number of amides is 2. The number of nitrogens with one attached hydrogen (secondary N) is 1. The van der Waals surface area contributed by atoms with Gasteiger partial charge in [0.15, 0.2) is 0 Å². The maximum atomic E-state index is 12.3. The van der Waals surface area contributed by atoms with E-state index in [1.165, 1.54) is 0 Å². The fraction of sp³-hybridized carbons (Fsp3) is 0.556. The molecule has 1 N–H and O–H groups in total. The van der Waals surface area contributed by atoms with Crippen LogP contribution in [0.3, 0.4) is 0 Å². The molecule has 0 aliphatic carbocycles. The molecule has 1 fully saturated rings. The lowest BCUT2D eigenvalue weighted by atomic mass is 10.0. The summed E-state index contributed by atoms with van der Waals surface area (Å²) in [6, 6.07) is 7.72. The summed E-state index contributed by atoms with van der Waals surface area (Å²) < 4.78 is 0. The van der Waals surface area contributed by atoms with E-state index in [-0.39, 0.29) is 23.9 Å². The first-order valence-corrected chi connectivity index (χ1v) is 8.21. The molecule has 1 aliphatic heterocycles. The number of hydrogen-bond donors (Lipinski definition) is 1. The molecule has 1 aliphatic rings. The van der Waals surface area contributed by atoms with Gasteiger partial charge in [0.1, 0.15) is 0 Å². The van der Waals surface area contributed by atoms with Gasteiger partial charge in [0.05, 0.1) is 6.04 Å². The summed E-state index contributed by atoms with van der Waals surface area (Å²) in [5.41, 5.74) is 1.80. The smallest absolute Gasteiger partial charge is 0.251 e. The molecule has 2 rings (SSSR count). The molecule has 126 valence electrons. The number of aryl methyl sites for hydroxylation is 1. The van der Waals surface area contributed by atoms with Crippen LogP contribution >= 0.6 is 0 Å². The van der Waals surface area contributed by atoms with Gasteiger partial charge in [0.2, 0.25) is 5.91 Å². The Morgan fingerprint density at radius 1 is 1.26 bits per heavy atom. The van der Waals surface area contributed by atoms with Gasteiger partial charge in [-0.25, -0.2) is 0 Å². The molecule has 2 amide bonds. The van der Waals surface area contributed by atoms with Crippen molar-refractivity contribution in [3.8, 4) is 0 Å². The standard InChI is InChI=1S/C18H27N3O2/c1-13-6-5-7-15(12-13)17(22)19-16-8-10-21(11-9-16)14(2)18(23)20(3)4/h5-7,12,14,16H,8-11H2,1-4H3,(H,19,22). The fourth-order valence-electron chi connectivity index (χ4n) is 3.02. The van der Waals surface area contributed by atoms with Crippen molar-refractivity contribution in [2.45, 2.75) is 38.8 Å². The number of rotatable bonds is 4. The number of hydrogen-bond acceptors (Lipinski definition) is 3. The van der Waals surface area contributed by atoms with Crippen molar-refractivity contribution in [1.29, 1.82) is 0 Å². The third-order valence-corrected chi connectivity index (χ3v) is 4.49. The fourth-order valence-corrected chi connectivity index (χ4v) is 3.02. The Bertz CT molecular complexity index is 563. The topological polar surface area (TPSA) is 52.7 Å². The molecule has 0 radical (unpaired) electrons. The number of nitrogens with zero attached hydrogens (tertiary/aromatic N) is 2. The minimum atomic E-state index is -0.0987. The second-order valence-electron chi connectivity index (χ2n) is 6.56. The van der Waals surface area contributed by atoms with E-state index in [4.69, 9.17) is 0 Å². The van der Waals surface area contributed by atoms with Crippen LogP contribution in [0, 0.1) is 6.92 Å². The number of likely N-dealkylation sites (N-methyl/N-ethyl adjacent to an activating group) is 1. The number of carbonyl (C=O) groups excluding carboxylic acids is 2. The van der Waals surface area contributed by atoms with Crippen molar-refractivity contribution >= 4 is 11.8 Å². The van der Waals surface area contributed by atoms with Gasteiger partial charge in [-0.05, 0) is 38.8 Å². The van der Waals surface area contributed by atoms with Crippen molar-refractivity contribution in [2.75, 3.05) is 27.2 Å². The lowest BCUT2D eigenvalue weighted by Crippen LogP contribution is -2.51. The maximum absolute atomic E-state index is 12.3. The Morgan fingerprint density at radius 2 is 1.91 bits per heavy atom. The van der Waals surface area contributed by atoms with E-state index in [9.17, 15) is 9.59 Å². The summed E-state index contributed by atoms with van der Waals surface area (Å²) in [6.07, 6.45) is 1.76. The Balaban J connectivity index is 1.85. The van der Waals surface area contributed by atoms with Crippen molar-refractivity contribution in [1.82, 2.24) is 15.1 Å². The molecule has 1 atom stereocenters. The highest BCUT2D eigenvalue weighted by Gasteiger charge is 2.28. The third kappa shape index (κ3) is 4.55. The summed E-state index contributed by atoms with van der Waals surface area (Å²) in [4.78, 5) is 28.2. The highest BCUT2D eigenvalue weighted by Crippen LogP contribution is 2.15. The van der Waals surface area contributed by atoms with E-state index in [2.05, 4.69) is 10.2 Å². The molecule has 1 unspecified atom stereocenters. The van der Waals surface area contributed by atoms with Gasteiger partial charge >= 0.3 is 0 Å². The maximum Gasteiger partial charge on any atom is 0.251 e. The first-order chi connectivity index (χ1) is 10.9. The van der Waals surface area contributed by atoms with Crippen LogP contribution < -0.4 is 5.32 Å². The minimum absolute atomic E-state index is 0.00966. The first kappa shape index (κ1) is 17.5. The van der Waals surface area contributed by atoms with E-state index in [0.717, 1.165) is 31.5 Å². The lowest BCUT2D eigenvalue weighted by molar-refractivity contribution is -0.134. The summed E-state index contributed by atoms with van der Waals surface area (Å²) in [7, 11) is 3.57. The summed E-state index contributed by atoms with van der Waals surface area (Å²) in [5, 5.41) is 3.11. The van der Waals surface area contributed by atoms with Crippen LogP contribution in [0.1, 0.15) is 35.7 Å². The molecule has 1 aromatic carbocycles. The average molecular weight is 317 g/mol. The van der Waals surface area contributed by atoms with Gasteiger partial charge in [-0.1, -0.05) is 17.7 Å². The van der Waals surface area contributed by atoms with Gasteiger partial charge in [-0.2, -0.15) is 0 Å². The first-order valence-electron chi connectivity index (χ1n) is 8.21. The molecular formula is C18H27N3O2. The molecule has 0 bridgehead atoms. The lowest BCUT2D eigenvalue weighted by Gasteiger charge is -2.36. The van der Waals surface area contributed by atoms with E-state index in [1.54, 1.807) is 19.0 Å². The van der Waals surface area contributed by atoms with Crippen LogP contribution in [0.4, 0.5) is 0 Å². The average Bonchev–Trinajstić information content (AvgIpc) is 2.54. The molecule has 1 saturated heterocycles. The molecule has 0 spiro atoms. The van der Waals surface area contributed by atoms with Gasteiger partial charge in [0.25, 0.3) is 5.91 Å². The third-order valence-electron chi connectivity index (χ3n) is 4.49. The molecular weight excluding hydrogens is 290 g/mol. The molecule has 23 heavy (non-hydrogen) atoms. The van der Waals surface area contributed by atoms with E-state index < -0.39 is 0 Å². The Morgan fingerprint density at radius 3 is 2.48 bits per heavy atom. The second-order valence-corrected chi connectivity index (χ2v) is 6.56. The molecule has 0 aromatic heterocycles. The van der Waals surface area contributed by atoms with E-state index >= 15 is 0 Å². The van der Waals surface area contributed by atoms with Gasteiger partial charge < -0.3 is 10.2 Å². The molecule has 1 aromatic rings. The van der Waals surface area contributed by atoms with E-state index in [1.807, 2.05) is 38.1 Å². The molecule has 0 saturated carbocycles. The summed E-state index contributed by atoms with van der Waals surface area (Å²) >= 11 is 0. The SMILES string of the molecule is Cc1cccc(C(=O)NC2CCN(C(C)C(=O)N(C)C)CC2)c1. The number of piperidine rings is 1. The monoisotopic (exact) mass is 317 g/mol. The zero-order chi connectivity index (χ0) is 17.0. The predicted octanol–water partition coefficient (Wildman–Crippen LogP) is 1.67. The van der Waals surface area contributed by atoms with Crippen LogP contribution in [-0.2, 0) is 4.79 Å². The highest BCUT2D eigenvalue weighted by molar-refractivity contribution is 5.94. The summed E-state index contributed by atoms with van der Waals surface area (Å²) in [6.45, 7) is 5.60. The van der Waals surface area contributed by atoms with Crippen molar-refractivity contribution in [3.05, 3.63) is 35.4 Å². The minimum Gasteiger partial charge on any atom is -0.349 e. The largest absolute Gasteiger partial charge is 0.349 e. The molecule has 5 nitrogen and oxygen atoms in total. The normalized spacial score (nSPS) is 17.6. The highest BCUT2D eigenvalue weighted by atomic mass is 16.2. The van der Waals surface area contributed by atoms with Crippen LogP contribution in [0.25, 0.3) is 0 Å². The molecule has 1 heterocycles. The van der Waals surface area contributed by atoms with Crippen LogP contribution in [0.15, 0.2) is 24.3 Å². The number of likely N-dealkylation sites (tertiary alicyclic amines) is 1. The summed E-state index contributed by atoms with van der Waals surface area (Å²) in [5.74, 6) is 0.122. The van der Waals surface area contributed by atoms with Gasteiger partial charge in [-0.15, -0.1) is 0 Å². The van der Waals surface area contributed by atoms with Crippen LogP contribution in [0.5, 0.6) is 0 Å².